The van der Waals surface area contributed by atoms with Gasteiger partial charge in [-0.05, 0) is 55.3 Å². The summed E-state index contributed by atoms with van der Waals surface area (Å²) < 4.78 is 45.1. The van der Waals surface area contributed by atoms with Crippen LogP contribution in [0.15, 0.2) is 71.6 Å². The van der Waals surface area contributed by atoms with Gasteiger partial charge in [-0.25, -0.2) is 8.42 Å². The molecule has 0 aliphatic heterocycles. The fraction of sp³-hybridized carbons (Fsp3) is 0.333. The van der Waals surface area contributed by atoms with Crippen LogP contribution in [0, 0.1) is 6.92 Å². The summed E-state index contributed by atoms with van der Waals surface area (Å²) >= 11 is 0. The van der Waals surface area contributed by atoms with E-state index in [4.69, 9.17) is 14.2 Å². The Morgan fingerprint density at radius 1 is 0.902 bits per heavy atom. The number of nitrogens with one attached hydrogen (secondary N) is 1. The van der Waals surface area contributed by atoms with Crippen LogP contribution in [0.25, 0.3) is 0 Å². The van der Waals surface area contributed by atoms with E-state index >= 15 is 0 Å². The van der Waals surface area contributed by atoms with Gasteiger partial charge in [0.05, 0.1) is 31.9 Å². The van der Waals surface area contributed by atoms with Crippen LogP contribution in [-0.4, -0.2) is 66.1 Å². The molecule has 3 aromatic carbocycles. The maximum atomic E-state index is 14.1. The number of carbonyl (C=O) groups excluding carboxylic acids is 2. The lowest BCUT2D eigenvalue weighted by Gasteiger charge is -2.33. The zero-order chi connectivity index (χ0) is 30.2. The van der Waals surface area contributed by atoms with Crippen LogP contribution in [0.3, 0.4) is 0 Å². The van der Waals surface area contributed by atoms with Crippen molar-refractivity contribution in [2.24, 2.45) is 0 Å². The second kappa shape index (κ2) is 13.9. The van der Waals surface area contributed by atoms with Crippen molar-refractivity contribution >= 4 is 27.5 Å². The number of sulfonamides is 1. The van der Waals surface area contributed by atoms with Crippen LogP contribution < -0.4 is 23.8 Å². The van der Waals surface area contributed by atoms with E-state index in [9.17, 15) is 18.0 Å². The number of hydrogen-bond donors (Lipinski definition) is 1. The molecule has 10 nitrogen and oxygen atoms in total. The van der Waals surface area contributed by atoms with Gasteiger partial charge in [0.1, 0.15) is 18.3 Å². The Hall–Kier alpha value is -4.25. The highest BCUT2D eigenvalue weighted by Crippen LogP contribution is 2.32. The molecule has 0 saturated carbocycles. The first kappa shape index (κ1) is 31.3. The average Bonchev–Trinajstić information content (AvgIpc) is 2.99. The maximum Gasteiger partial charge on any atom is 0.264 e. The summed E-state index contributed by atoms with van der Waals surface area (Å²) in [6, 6.07) is 17.4. The molecule has 0 heterocycles. The van der Waals surface area contributed by atoms with Crippen molar-refractivity contribution in [3.05, 3.63) is 77.9 Å². The van der Waals surface area contributed by atoms with Crippen LogP contribution in [0.2, 0.25) is 0 Å². The van der Waals surface area contributed by atoms with E-state index in [1.54, 1.807) is 56.5 Å². The van der Waals surface area contributed by atoms with E-state index in [0.717, 1.165) is 15.4 Å². The molecule has 3 aromatic rings. The Labute approximate surface area is 241 Å². The number of hydrogen-bond acceptors (Lipinski definition) is 7. The van der Waals surface area contributed by atoms with Crippen molar-refractivity contribution in [2.45, 2.75) is 37.8 Å². The first-order valence-corrected chi connectivity index (χ1v) is 14.5. The summed E-state index contributed by atoms with van der Waals surface area (Å²) in [6.07, 6.45) is 0.322. The minimum Gasteiger partial charge on any atom is -0.497 e. The Bertz CT molecular complexity index is 1460. The number of carbonyl (C=O) groups is 2. The van der Waals surface area contributed by atoms with Gasteiger partial charge >= 0.3 is 0 Å². The first-order valence-electron chi connectivity index (χ1n) is 13.0. The predicted molar refractivity (Wildman–Crippen MR) is 157 cm³/mol. The Balaban J connectivity index is 2.09. The predicted octanol–water partition coefficient (Wildman–Crippen LogP) is 3.77. The summed E-state index contributed by atoms with van der Waals surface area (Å²) in [6.45, 7) is 3.20. The number of methoxy groups -OCH3 is 3. The van der Waals surface area contributed by atoms with Gasteiger partial charge in [-0.2, -0.15) is 0 Å². The lowest BCUT2D eigenvalue weighted by molar-refractivity contribution is -0.140. The summed E-state index contributed by atoms with van der Waals surface area (Å²) in [5, 5.41) is 2.62. The van der Waals surface area contributed by atoms with Crippen molar-refractivity contribution < 1.29 is 32.2 Å². The van der Waals surface area contributed by atoms with Gasteiger partial charge < -0.3 is 24.4 Å². The second-order valence-corrected chi connectivity index (χ2v) is 11.1. The number of amides is 2. The molecule has 0 radical (unpaired) electrons. The molecule has 3 rings (SSSR count). The molecular weight excluding hydrogens is 546 g/mol. The topological polar surface area (TPSA) is 114 Å². The Morgan fingerprint density at radius 3 is 2.17 bits per heavy atom. The standard InChI is InChI=1S/C30H37N3O7S/c1-7-26(30(35)31-3)32(19-22-9-8-10-24(17-22)38-4)29(34)20-33(23-13-11-21(2)12-14-23)41(36,37)25-15-16-27(39-5)28(18-25)40-6/h8-18,26H,7,19-20H2,1-6H3,(H,31,35)/t26-/m0/s1. The normalized spacial score (nSPS) is 11.8. The van der Waals surface area contributed by atoms with Gasteiger partial charge in [-0.3, -0.25) is 13.9 Å². The van der Waals surface area contributed by atoms with Crippen molar-refractivity contribution in [3.63, 3.8) is 0 Å². The minimum absolute atomic E-state index is 0.0695. The van der Waals surface area contributed by atoms with Gasteiger partial charge in [0.15, 0.2) is 11.5 Å². The number of nitrogens with zero attached hydrogens (tertiary/aromatic N) is 2. The first-order chi connectivity index (χ1) is 19.6. The van der Waals surface area contributed by atoms with Crippen LogP contribution in [0.1, 0.15) is 24.5 Å². The molecule has 0 aliphatic carbocycles. The van der Waals surface area contributed by atoms with Gasteiger partial charge in [-0.15, -0.1) is 0 Å². The van der Waals surface area contributed by atoms with E-state index in [0.29, 0.717) is 23.6 Å². The number of ether oxygens (including phenoxy) is 3. The molecular formula is C30H37N3O7S. The molecule has 0 aromatic heterocycles. The highest BCUT2D eigenvalue weighted by molar-refractivity contribution is 7.92. The Morgan fingerprint density at radius 2 is 1.59 bits per heavy atom. The number of anilines is 1. The van der Waals surface area contributed by atoms with Crippen molar-refractivity contribution in [1.29, 1.82) is 0 Å². The van der Waals surface area contributed by atoms with Crippen molar-refractivity contribution in [3.8, 4) is 17.2 Å². The third kappa shape index (κ3) is 7.29. The molecule has 1 atom stereocenters. The smallest absolute Gasteiger partial charge is 0.264 e. The minimum atomic E-state index is -4.27. The second-order valence-electron chi connectivity index (χ2n) is 9.28. The lowest BCUT2D eigenvalue weighted by atomic mass is 10.1. The van der Waals surface area contributed by atoms with E-state index < -0.39 is 28.5 Å². The summed E-state index contributed by atoms with van der Waals surface area (Å²) in [7, 11) is 1.64. The van der Waals surface area contributed by atoms with Gasteiger partial charge in [0.2, 0.25) is 11.8 Å². The Kier molecular flexibility index (Phi) is 10.6. The molecule has 11 heteroatoms. The van der Waals surface area contributed by atoms with Crippen LogP contribution >= 0.6 is 0 Å². The molecule has 0 bridgehead atoms. The molecule has 0 spiro atoms. The van der Waals surface area contributed by atoms with Crippen LogP contribution in [0.5, 0.6) is 17.2 Å². The van der Waals surface area contributed by atoms with Gasteiger partial charge in [0.25, 0.3) is 10.0 Å². The number of likely N-dealkylation sites (N-methyl/N-ethyl adjacent to an activating group) is 1. The van der Waals surface area contributed by atoms with Gasteiger partial charge in [-0.1, -0.05) is 36.8 Å². The summed E-state index contributed by atoms with van der Waals surface area (Å²) in [5.41, 5.74) is 1.95. The van der Waals surface area contributed by atoms with Crippen LogP contribution in [-0.2, 0) is 26.2 Å². The van der Waals surface area contributed by atoms with E-state index in [1.165, 1.54) is 44.4 Å². The molecule has 220 valence electrons. The molecule has 0 aliphatic rings. The summed E-state index contributed by atoms with van der Waals surface area (Å²) in [4.78, 5) is 28.2. The fourth-order valence-corrected chi connectivity index (χ4v) is 5.83. The largest absolute Gasteiger partial charge is 0.497 e. The van der Waals surface area contributed by atoms with E-state index in [-0.39, 0.29) is 23.1 Å². The maximum absolute atomic E-state index is 14.1. The third-order valence-corrected chi connectivity index (χ3v) is 8.43. The van der Waals surface area contributed by atoms with Gasteiger partial charge in [0, 0.05) is 19.7 Å². The average molecular weight is 584 g/mol. The van der Waals surface area contributed by atoms with E-state index in [1.807, 2.05) is 13.0 Å². The zero-order valence-corrected chi connectivity index (χ0v) is 25.0. The highest BCUT2D eigenvalue weighted by Gasteiger charge is 2.34. The number of rotatable bonds is 13. The number of benzene rings is 3. The molecule has 1 N–H and O–H groups in total. The van der Waals surface area contributed by atoms with Crippen molar-refractivity contribution in [2.75, 3.05) is 39.2 Å². The molecule has 2 amide bonds. The molecule has 41 heavy (non-hydrogen) atoms. The SMILES string of the molecule is CC[C@@H](C(=O)NC)N(Cc1cccc(OC)c1)C(=O)CN(c1ccc(C)cc1)S(=O)(=O)c1ccc(OC)c(OC)c1. The zero-order valence-electron chi connectivity index (χ0n) is 24.2. The molecule has 0 saturated heterocycles. The highest BCUT2D eigenvalue weighted by atomic mass is 32.2. The van der Waals surface area contributed by atoms with Crippen molar-refractivity contribution in [1.82, 2.24) is 10.2 Å². The lowest BCUT2D eigenvalue weighted by Crippen LogP contribution is -2.51. The monoisotopic (exact) mass is 583 g/mol. The number of aryl methyl sites for hydroxylation is 1. The molecule has 0 fully saturated rings. The van der Waals surface area contributed by atoms with Crippen LogP contribution in [0.4, 0.5) is 5.69 Å². The summed E-state index contributed by atoms with van der Waals surface area (Å²) in [5.74, 6) is 0.292. The van der Waals surface area contributed by atoms with E-state index in [2.05, 4.69) is 5.32 Å². The third-order valence-electron chi connectivity index (χ3n) is 6.66. The quantitative estimate of drug-likeness (QED) is 0.326. The fourth-order valence-electron chi connectivity index (χ4n) is 4.40. The molecule has 0 unspecified atom stereocenters.